The van der Waals surface area contributed by atoms with Crippen LogP contribution in [0.25, 0.3) is 0 Å². The molecular formula is C13H13BrN2O3. The zero-order chi connectivity index (χ0) is 13.2. The van der Waals surface area contributed by atoms with Gasteiger partial charge >= 0.3 is 0 Å². The molecule has 0 fully saturated rings. The van der Waals surface area contributed by atoms with Crippen LogP contribution in [-0.4, -0.2) is 11.9 Å². The zero-order valence-electron chi connectivity index (χ0n) is 10.4. The Balaban J connectivity index is 1.64. The average molecular weight is 325 g/mol. The van der Waals surface area contributed by atoms with E-state index in [2.05, 4.69) is 26.4 Å². The fraction of sp³-hybridized carbons (Fsp3) is 0.308. The second-order valence-corrected chi connectivity index (χ2v) is 5.19. The molecule has 1 aliphatic heterocycles. The van der Waals surface area contributed by atoms with Crippen molar-refractivity contribution < 1.29 is 14.0 Å². The first kappa shape index (κ1) is 12.5. The van der Waals surface area contributed by atoms with Crippen LogP contribution in [0.3, 0.4) is 0 Å². The third-order valence-electron chi connectivity index (χ3n) is 2.83. The van der Waals surface area contributed by atoms with Crippen molar-refractivity contribution in [2.75, 3.05) is 6.79 Å². The minimum atomic E-state index is 0.288. The number of fused-ring (bicyclic) bond motifs is 1. The second kappa shape index (κ2) is 5.22. The number of benzene rings is 1. The van der Waals surface area contributed by atoms with Gasteiger partial charge in [-0.2, -0.15) is 0 Å². The smallest absolute Gasteiger partial charge is 0.231 e. The van der Waals surface area contributed by atoms with Crippen molar-refractivity contribution in [2.45, 2.75) is 20.0 Å². The molecule has 0 aliphatic carbocycles. The SMILES string of the molecule is Cc1cc(CNCc2cc3c(cc2Br)OCO3)on1. The second-order valence-electron chi connectivity index (χ2n) is 4.34. The first-order valence-electron chi connectivity index (χ1n) is 5.93. The van der Waals surface area contributed by atoms with Gasteiger partial charge in [0.1, 0.15) is 0 Å². The zero-order valence-corrected chi connectivity index (χ0v) is 12.0. The maximum absolute atomic E-state index is 5.36. The Labute approximate surface area is 119 Å². The maximum atomic E-state index is 5.36. The Bertz CT molecular complexity index is 598. The van der Waals surface area contributed by atoms with E-state index in [0.29, 0.717) is 13.1 Å². The summed E-state index contributed by atoms with van der Waals surface area (Å²) in [5.74, 6) is 2.39. The molecule has 0 radical (unpaired) electrons. The minimum Gasteiger partial charge on any atom is -0.454 e. The standard InChI is InChI=1S/C13H13BrN2O3/c1-8-2-10(19-16-8)6-15-5-9-3-12-13(4-11(9)14)18-7-17-12/h2-4,15H,5-7H2,1H3. The van der Waals surface area contributed by atoms with Crippen LogP contribution in [-0.2, 0) is 13.1 Å². The van der Waals surface area contributed by atoms with Crippen molar-refractivity contribution in [1.82, 2.24) is 10.5 Å². The number of ether oxygens (including phenoxy) is 2. The third-order valence-corrected chi connectivity index (χ3v) is 3.57. The molecule has 0 atom stereocenters. The molecule has 0 spiro atoms. The van der Waals surface area contributed by atoms with Gasteiger partial charge < -0.3 is 19.3 Å². The van der Waals surface area contributed by atoms with E-state index in [1.54, 1.807) is 0 Å². The number of hydrogen-bond donors (Lipinski definition) is 1. The average Bonchev–Trinajstić information content (AvgIpc) is 2.98. The van der Waals surface area contributed by atoms with Crippen LogP contribution in [0.1, 0.15) is 17.0 Å². The Morgan fingerprint density at radius 3 is 2.74 bits per heavy atom. The van der Waals surface area contributed by atoms with Crippen molar-refractivity contribution in [2.24, 2.45) is 0 Å². The lowest BCUT2D eigenvalue weighted by molar-refractivity contribution is 0.174. The first-order chi connectivity index (χ1) is 9.22. The van der Waals surface area contributed by atoms with Gasteiger partial charge in [0.25, 0.3) is 0 Å². The molecule has 2 heterocycles. The largest absolute Gasteiger partial charge is 0.454 e. The van der Waals surface area contributed by atoms with Gasteiger partial charge in [-0.1, -0.05) is 21.1 Å². The van der Waals surface area contributed by atoms with Crippen LogP contribution < -0.4 is 14.8 Å². The molecule has 1 aromatic carbocycles. The van der Waals surface area contributed by atoms with Crippen LogP contribution in [0.5, 0.6) is 11.5 Å². The van der Waals surface area contributed by atoms with Crippen molar-refractivity contribution in [3.63, 3.8) is 0 Å². The number of aryl methyl sites for hydroxylation is 1. The fourth-order valence-corrected chi connectivity index (χ4v) is 2.38. The number of nitrogens with one attached hydrogen (secondary N) is 1. The highest BCUT2D eigenvalue weighted by molar-refractivity contribution is 9.10. The van der Waals surface area contributed by atoms with Gasteiger partial charge in [0, 0.05) is 17.1 Å². The predicted octanol–water partition coefficient (Wildman–Crippen LogP) is 2.76. The molecule has 0 saturated heterocycles. The molecule has 0 saturated carbocycles. The number of halogens is 1. The highest BCUT2D eigenvalue weighted by Crippen LogP contribution is 2.36. The van der Waals surface area contributed by atoms with Crippen LogP contribution in [0.15, 0.2) is 27.2 Å². The Morgan fingerprint density at radius 1 is 1.21 bits per heavy atom. The molecule has 3 rings (SSSR count). The van der Waals surface area contributed by atoms with Gasteiger partial charge in [0.15, 0.2) is 17.3 Å². The van der Waals surface area contributed by atoms with Gasteiger partial charge in [-0.15, -0.1) is 0 Å². The highest BCUT2D eigenvalue weighted by Gasteiger charge is 2.16. The van der Waals surface area contributed by atoms with E-state index in [1.807, 2.05) is 25.1 Å². The van der Waals surface area contributed by atoms with Crippen molar-refractivity contribution >= 4 is 15.9 Å². The lowest BCUT2D eigenvalue weighted by Crippen LogP contribution is -2.12. The van der Waals surface area contributed by atoms with E-state index < -0.39 is 0 Å². The van der Waals surface area contributed by atoms with Gasteiger partial charge in [-0.3, -0.25) is 0 Å². The summed E-state index contributed by atoms with van der Waals surface area (Å²) in [5, 5.41) is 7.15. The summed E-state index contributed by atoms with van der Waals surface area (Å²) < 4.78 is 16.8. The summed E-state index contributed by atoms with van der Waals surface area (Å²) in [4.78, 5) is 0. The van der Waals surface area contributed by atoms with Gasteiger partial charge in [-0.05, 0) is 24.6 Å². The van der Waals surface area contributed by atoms with Crippen molar-refractivity contribution in [1.29, 1.82) is 0 Å². The summed E-state index contributed by atoms with van der Waals surface area (Å²) in [5.41, 5.74) is 2.00. The summed E-state index contributed by atoms with van der Waals surface area (Å²) in [6, 6.07) is 5.82. The molecule has 1 N–H and O–H groups in total. The lowest BCUT2D eigenvalue weighted by atomic mass is 10.2. The van der Waals surface area contributed by atoms with Crippen LogP contribution in [0.4, 0.5) is 0 Å². The van der Waals surface area contributed by atoms with Gasteiger partial charge in [0.05, 0.1) is 12.2 Å². The molecule has 100 valence electrons. The van der Waals surface area contributed by atoms with E-state index in [0.717, 1.165) is 33.0 Å². The fourth-order valence-electron chi connectivity index (χ4n) is 1.91. The van der Waals surface area contributed by atoms with Crippen LogP contribution >= 0.6 is 15.9 Å². The monoisotopic (exact) mass is 324 g/mol. The van der Waals surface area contributed by atoms with E-state index in [-0.39, 0.29) is 6.79 Å². The minimum absolute atomic E-state index is 0.288. The molecule has 0 amide bonds. The molecule has 1 aliphatic rings. The molecule has 0 unspecified atom stereocenters. The van der Waals surface area contributed by atoms with Crippen LogP contribution in [0.2, 0.25) is 0 Å². The van der Waals surface area contributed by atoms with E-state index >= 15 is 0 Å². The van der Waals surface area contributed by atoms with Crippen LogP contribution in [0, 0.1) is 6.92 Å². The van der Waals surface area contributed by atoms with E-state index in [4.69, 9.17) is 14.0 Å². The normalized spacial score (nSPS) is 12.9. The quantitative estimate of drug-likeness (QED) is 0.937. The summed E-state index contributed by atoms with van der Waals surface area (Å²) in [6.45, 7) is 3.54. The maximum Gasteiger partial charge on any atom is 0.231 e. The Morgan fingerprint density at radius 2 is 2.00 bits per heavy atom. The summed E-state index contributed by atoms with van der Waals surface area (Å²) >= 11 is 3.53. The number of rotatable bonds is 4. The van der Waals surface area contributed by atoms with E-state index in [9.17, 15) is 0 Å². The summed E-state index contributed by atoms with van der Waals surface area (Å²) in [7, 11) is 0. The molecule has 5 nitrogen and oxygen atoms in total. The number of hydrogen-bond acceptors (Lipinski definition) is 5. The molecule has 2 aromatic rings. The summed E-state index contributed by atoms with van der Waals surface area (Å²) in [6.07, 6.45) is 0. The number of aromatic nitrogens is 1. The van der Waals surface area contributed by atoms with Crippen molar-refractivity contribution in [3.8, 4) is 11.5 Å². The first-order valence-corrected chi connectivity index (χ1v) is 6.72. The van der Waals surface area contributed by atoms with Crippen molar-refractivity contribution in [3.05, 3.63) is 39.7 Å². The predicted molar refractivity (Wildman–Crippen MR) is 72.0 cm³/mol. The molecule has 0 bridgehead atoms. The number of nitrogens with zero attached hydrogens (tertiary/aromatic N) is 1. The molecular weight excluding hydrogens is 312 g/mol. The molecule has 6 heteroatoms. The van der Waals surface area contributed by atoms with Gasteiger partial charge in [0.2, 0.25) is 6.79 Å². The topological polar surface area (TPSA) is 56.5 Å². The molecule has 19 heavy (non-hydrogen) atoms. The Kier molecular flexibility index (Phi) is 3.44. The highest BCUT2D eigenvalue weighted by atomic mass is 79.9. The Hall–Kier alpha value is -1.53. The van der Waals surface area contributed by atoms with E-state index in [1.165, 1.54) is 0 Å². The lowest BCUT2D eigenvalue weighted by Gasteiger charge is -2.07. The molecule has 1 aromatic heterocycles. The van der Waals surface area contributed by atoms with Gasteiger partial charge in [-0.25, -0.2) is 0 Å². The third kappa shape index (κ3) is 2.74.